The molecule has 1 amide bonds. The Morgan fingerprint density at radius 3 is 2.89 bits per heavy atom. The Kier molecular flexibility index (Phi) is 4.84. The van der Waals surface area contributed by atoms with Crippen molar-refractivity contribution in [3.63, 3.8) is 0 Å². The Balaban J connectivity index is 2.08. The molecule has 0 spiro atoms. The zero-order valence-electron chi connectivity index (χ0n) is 10.6. The summed E-state index contributed by atoms with van der Waals surface area (Å²) in [5.74, 6) is 5.93. The van der Waals surface area contributed by atoms with E-state index in [2.05, 4.69) is 17.2 Å². The number of rotatable bonds is 3. The number of aliphatic hydroxyl groups excluding tert-OH is 1. The molecule has 100 valence electrons. The van der Waals surface area contributed by atoms with Crippen LogP contribution in [0.5, 0.6) is 0 Å². The summed E-state index contributed by atoms with van der Waals surface area (Å²) in [4.78, 5) is 11.9. The van der Waals surface area contributed by atoms with Crippen LogP contribution in [0.25, 0.3) is 0 Å². The molecule has 2 N–H and O–H groups in total. The smallest absolute Gasteiger partial charge is 0.227 e. The zero-order valence-corrected chi connectivity index (χ0v) is 11.3. The van der Waals surface area contributed by atoms with Crippen molar-refractivity contribution < 1.29 is 9.90 Å². The predicted molar refractivity (Wildman–Crippen MR) is 76.0 cm³/mol. The highest BCUT2D eigenvalue weighted by Gasteiger charge is 2.25. The number of carbonyl (C=O) groups excluding carboxylic acids is 1. The lowest BCUT2D eigenvalue weighted by Crippen LogP contribution is -2.28. The Morgan fingerprint density at radius 1 is 1.47 bits per heavy atom. The van der Waals surface area contributed by atoms with Crippen molar-refractivity contribution in [2.24, 2.45) is 5.92 Å². The van der Waals surface area contributed by atoms with Crippen LogP contribution >= 0.6 is 11.6 Å². The van der Waals surface area contributed by atoms with Gasteiger partial charge in [-0.25, -0.2) is 0 Å². The summed E-state index contributed by atoms with van der Waals surface area (Å²) in [7, 11) is 0. The van der Waals surface area contributed by atoms with E-state index in [-0.39, 0.29) is 18.4 Å². The molecule has 2 rings (SSSR count). The maximum absolute atomic E-state index is 11.9. The van der Waals surface area contributed by atoms with Gasteiger partial charge in [-0.2, -0.15) is 0 Å². The van der Waals surface area contributed by atoms with Crippen LogP contribution in [0.1, 0.15) is 31.2 Å². The average molecular weight is 278 g/mol. The van der Waals surface area contributed by atoms with Gasteiger partial charge in [-0.1, -0.05) is 29.9 Å². The molecule has 0 atom stereocenters. The molecule has 1 aromatic rings. The van der Waals surface area contributed by atoms with E-state index in [0.717, 1.165) is 24.8 Å². The first-order valence-corrected chi connectivity index (χ1v) is 6.78. The van der Waals surface area contributed by atoms with Gasteiger partial charge in [0.05, 0.1) is 17.3 Å². The van der Waals surface area contributed by atoms with Crippen LogP contribution in [-0.4, -0.2) is 17.6 Å². The van der Waals surface area contributed by atoms with Crippen molar-refractivity contribution >= 4 is 23.2 Å². The van der Waals surface area contributed by atoms with Crippen LogP contribution in [0.2, 0.25) is 5.02 Å². The number of anilines is 1. The molecule has 0 unspecified atom stereocenters. The number of aliphatic hydroxyl groups is 1. The highest BCUT2D eigenvalue weighted by atomic mass is 35.5. The SMILES string of the molecule is O=C(Nc1cc(C#CCCO)ccc1Cl)C1CCC1. The monoisotopic (exact) mass is 277 g/mol. The lowest BCUT2D eigenvalue weighted by Gasteiger charge is -2.24. The van der Waals surface area contributed by atoms with Gasteiger partial charge in [-0.3, -0.25) is 4.79 Å². The molecular weight excluding hydrogens is 262 g/mol. The predicted octanol–water partition coefficient (Wildman–Crippen LogP) is 2.81. The third kappa shape index (κ3) is 3.73. The van der Waals surface area contributed by atoms with Crippen molar-refractivity contribution in [3.8, 4) is 11.8 Å². The van der Waals surface area contributed by atoms with Gasteiger partial charge in [0.15, 0.2) is 0 Å². The van der Waals surface area contributed by atoms with Gasteiger partial charge in [0.25, 0.3) is 0 Å². The molecule has 1 fully saturated rings. The fourth-order valence-corrected chi connectivity index (χ4v) is 1.99. The van der Waals surface area contributed by atoms with E-state index >= 15 is 0 Å². The van der Waals surface area contributed by atoms with Crippen LogP contribution in [-0.2, 0) is 4.79 Å². The lowest BCUT2D eigenvalue weighted by molar-refractivity contribution is -0.122. The van der Waals surface area contributed by atoms with Crippen molar-refractivity contribution in [3.05, 3.63) is 28.8 Å². The summed E-state index contributed by atoms with van der Waals surface area (Å²) in [5.41, 5.74) is 1.39. The Bertz CT molecular complexity index is 527. The minimum atomic E-state index is 0.0358. The molecular formula is C15H16ClNO2. The van der Waals surface area contributed by atoms with E-state index in [9.17, 15) is 4.79 Å². The van der Waals surface area contributed by atoms with Gasteiger partial charge in [0.2, 0.25) is 5.91 Å². The molecule has 0 heterocycles. The second kappa shape index (κ2) is 6.60. The second-order valence-corrected chi connectivity index (χ2v) is 4.99. The number of benzene rings is 1. The number of nitrogens with one attached hydrogen (secondary N) is 1. The molecule has 19 heavy (non-hydrogen) atoms. The van der Waals surface area contributed by atoms with Gasteiger partial charge in [-0.15, -0.1) is 0 Å². The van der Waals surface area contributed by atoms with Crippen molar-refractivity contribution in [2.45, 2.75) is 25.7 Å². The van der Waals surface area contributed by atoms with Gasteiger partial charge < -0.3 is 10.4 Å². The number of amides is 1. The molecule has 4 heteroatoms. The van der Waals surface area contributed by atoms with E-state index in [1.807, 2.05) is 0 Å². The molecule has 1 aliphatic carbocycles. The molecule has 0 radical (unpaired) electrons. The van der Waals surface area contributed by atoms with Crippen LogP contribution < -0.4 is 5.32 Å². The molecule has 1 aliphatic rings. The summed E-state index contributed by atoms with van der Waals surface area (Å²) in [6, 6.07) is 5.29. The lowest BCUT2D eigenvalue weighted by atomic mass is 9.85. The minimum Gasteiger partial charge on any atom is -0.395 e. The third-order valence-electron chi connectivity index (χ3n) is 3.17. The van der Waals surface area contributed by atoms with Gasteiger partial charge in [-0.05, 0) is 31.0 Å². The first-order valence-electron chi connectivity index (χ1n) is 6.41. The second-order valence-electron chi connectivity index (χ2n) is 4.59. The third-order valence-corrected chi connectivity index (χ3v) is 3.50. The molecule has 3 nitrogen and oxygen atoms in total. The standard InChI is InChI=1S/C15H16ClNO2/c16-13-8-7-11(4-1-2-9-18)10-14(13)17-15(19)12-5-3-6-12/h7-8,10,12,18H,2-3,5-6,9H2,(H,17,19). The number of halogens is 1. The molecule has 0 aliphatic heterocycles. The molecule has 1 aromatic carbocycles. The summed E-state index contributed by atoms with van der Waals surface area (Å²) >= 11 is 6.06. The van der Waals surface area contributed by atoms with Gasteiger partial charge in [0.1, 0.15) is 0 Å². The quantitative estimate of drug-likeness (QED) is 0.835. The maximum atomic E-state index is 11.9. The maximum Gasteiger partial charge on any atom is 0.227 e. The fourth-order valence-electron chi connectivity index (χ4n) is 1.82. The van der Waals surface area contributed by atoms with Crippen LogP contribution in [0.3, 0.4) is 0 Å². The van der Waals surface area contributed by atoms with Gasteiger partial charge >= 0.3 is 0 Å². The van der Waals surface area contributed by atoms with E-state index < -0.39 is 0 Å². The summed E-state index contributed by atoms with van der Waals surface area (Å²) < 4.78 is 0. The van der Waals surface area contributed by atoms with Crippen molar-refractivity contribution in [1.82, 2.24) is 0 Å². The van der Waals surface area contributed by atoms with E-state index in [1.54, 1.807) is 18.2 Å². The normalized spacial score (nSPS) is 14.2. The minimum absolute atomic E-state index is 0.0358. The van der Waals surface area contributed by atoms with E-state index in [0.29, 0.717) is 17.1 Å². The largest absolute Gasteiger partial charge is 0.395 e. The molecule has 0 saturated heterocycles. The molecule has 0 aromatic heterocycles. The first kappa shape index (κ1) is 13.9. The highest BCUT2D eigenvalue weighted by molar-refractivity contribution is 6.33. The van der Waals surface area contributed by atoms with E-state index in [4.69, 9.17) is 16.7 Å². The zero-order chi connectivity index (χ0) is 13.7. The Hall–Kier alpha value is -1.50. The van der Waals surface area contributed by atoms with Crippen molar-refractivity contribution in [1.29, 1.82) is 0 Å². The number of hydrogen-bond acceptors (Lipinski definition) is 2. The highest BCUT2D eigenvalue weighted by Crippen LogP contribution is 2.29. The van der Waals surface area contributed by atoms with Gasteiger partial charge in [0, 0.05) is 17.9 Å². The number of carbonyl (C=O) groups is 1. The van der Waals surface area contributed by atoms with Crippen LogP contribution in [0, 0.1) is 17.8 Å². The first-order chi connectivity index (χ1) is 9.20. The summed E-state index contributed by atoms with van der Waals surface area (Å²) in [6.45, 7) is 0.0475. The van der Waals surface area contributed by atoms with Crippen LogP contribution in [0.15, 0.2) is 18.2 Å². The summed E-state index contributed by atoms with van der Waals surface area (Å²) in [5, 5.41) is 12.0. The average Bonchev–Trinajstić information content (AvgIpc) is 2.31. The topological polar surface area (TPSA) is 49.3 Å². The fraction of sp³-hybridized carbons (Fsp3) is 0.400. The number of hydrogen-bond donors (Lipinski definition) is 2. The van der Waals surface area contributed by atoms with E-state index in [1.165, 1.54) is 0 Å². The summed E-state index contributed by atoms with van der Waals surface area (Å²) in [6.07, 6.45) is 3.48. The Labute approximate surface area is 118 Å². The molecule has 0 bridgehead atoms. The van der Waals surface area contributed by atoms with Crippen LogP contribution in [0.4, 0.5) is 5.69 Å². The molecule has 1 saturated carbocycles. The Morgan fingerprint density at radius 2 is 2.26 bits per heavy atom. The van der Waals surface area contributed by atoms with Crippen molar-refractivity contribution in [2.75, 3.05) is 11.9 Å².